The minimum Gasteiger partial charge on any atom is -0.370 e. The third-order valence-electron chi connectivity index (χ3n) is 5.83. The molecule has 1 aliphatic heterocycles. The van der Waals surface area contributed by atoms with E-state index >= 15 is 0 Å². The highest BCUT2D eigenvalue weighted by Crippen LogP contribution is 2.51. The predicted molar refractivity (Wildman–Crippen MR) is 103 cm³/mol. The van der Waals surface area contributed by atoms with Crippen LogP contribution < -0.4 is 16.4 Å². The number of carbonyl (C=O) groups is 1. The number of ether oxygens (including phenoxy) is 1. The highest BCUT2D eigenvalue weighted by atomic mass is 16.5. The summed E-state index contributed by atoms with van der Waals surface area (Å²) in [5.74, 6) is -0.157. The zero-order valence-corrected chi connectivity index (χ0v) is 15.4. The Morgan fingerprint density at radius 2 is 2.07 bits per heavy atom. The van der Waals surface area contributed by atoms with E-state index in [2.05, 4.69) is 33.8 Å². The summed E-state index contributed by atoms with van der Waals surface area (Å²) in [4.78, 5) is 16.3. The second kappa shape index (κ2) is 7.76. The number of nitrogens with one attached hydrogen (secondary N) is 2. The number of rotatable bonds is 5. The second-order valence-electron chi connectivity index (χ2n) is 7.34. The lowest BCUT2D eigenvalue weighted by Gasteiger charge is -2.41. The number of aromatic nitrogens is 1. The van der Waals surface area contributed by atoms with Crippen LogP contribution in [0.25, 0.3) is 0 Å². The summed E-state index contributed by atoms with van der Waals surface area (Å²) < 4.78 is 6.50. The Bertz CT molecular complexity index is 790. The molecule has 0 unspecified atom stereocenters. The maximum absolute atomic E-state index is 12.2. The van der Waals surface area contributed by atoms with E-state index in [-0.39, 0.29) is 30.0 Å². The number of carbonyl (C=O) groups excluding carboxylic acids is 1. The minimum absolute atomic E-state index is 0.0253. The van der Waals surface area contributed by atoms with Crippen molar-refractivity contribution in [1.82, 2.24) is 15.6 Å². The van der Waals surface area contributed by atoms with Crippen LogP contribution in [0.4, 0.5) is 0 Å². The lowest BCUT2D eigenvalue weighted by atomic mass is 9.72. The molecule has 1 fully saturated rings. The highest BCUT2D eigenvalue weighted by molar-refractivity contribution is 5.78. The van der Waals surface area contributed by atoms with Crippen LogP contribution >= 0.6 is 0 Å². The Morgan fingerprint density at radius 3 is 2.81 bits per heavy atom. The van der Waals surface area contributed by atoms with E-state index < -0.39 is 0 Å². The molecule has 142 valence electrons. The van der Waals surface area contributed by atoms with Gasteiger partial charge in [0.1, 0.15) is 0 Å². The number of pyridine rings is 1. The molecule has 1 aromatic heterocycles. The van der Waals surface area contributed by atoms with Crippen LogP contribution in [0.15, 0.2) is 48.8 Å². The van der Waals surface area contributed by atoms with Crippen LogP contribution in [0.3, 0.4) is 0 Å². The SMILES string of the molecule is NCC(=O)N[C@@H]1c2ccccc2C2(CCNCC2)[C@H]1OCc1cccnc1. The summed E-state index contributed by atoms with van der Waals surface area (Å²) >= 11 is 0. The molecule has 1 saturated heterocycles. The molecule has 1 aliphatic carbocycles. The van der Waals surface area contributed by atoms with Gasteiger partial charge in [-0.15, -0.1) is 0 Å². The van der Waals surface area contributed by atoms with Crippen molar-refractivity contribution >= 4 is 5.91 Å². The van der Waals surface area contributed by atoms with Crippen LogP contribution in [-0.2, 0) is 21.6 Å². The van der Waals surface area contributed by atoms with Gasteiger partial charge in [-0.3, -0.25) is 9.78 Å². The Labute approximate surface area is 159 Å². The van der Waals surface area contributed by atoms with Gasteiger partial charge in [0.15, 0.2) is 0 Å². The number of amides is 1. The molecule has 6 heteroatoms. The van der Waals surface area contributed by atoms with Crippen molar-refractivity contribution in [2.45, 2.75) is 37.0 Å². The van der Waals surface area contributed by atoms with E-state index in [1.807, 2.05) is 24.4 Å². The maximum atomic E-state index is 12.2. The van der Waals surface area contributed by atoms with Crippen molar-refractivity contribution < 1.29 is 9.53 Å². The third-order valence-corrected chi connectivity index (χ3v) is 5.83. The topological polar surface area (TPSA) is 89.3 Å². The van der Waals surface area contributed by atoms with Gasteiger partial charge in [0, 0.05) is 17.8 Å². The quantitative estimate of drug-likeness (QED) is 0.745. The van der Waals surface area contributed by atoms with Gasteiger partial charge in [-0.1, -0.05) is 30.3 Å². The van der Waals surface area contributed by atoms with Crippen LogP contribution in [0.1, 0.15) is 35.6 Å². The van der Waals surface area contributed by atoms with Crippen molar-refractivity contribution in [3.05, 3.63) is 65.5 Å². The molecule has 2 aliphatic rings. The number of nitrogens with two attached hydrogens (primary N) is 1. The van der Waals surface area contributed by atoms with E-state index in [0.29, 0.717) is 6.61 Å². The zero-order valence-electron chi connectivity index (χ0n) is 15.4. The van der Waals surface area contributed by atoms with E-state index in [1.54, 1.807) is 6.20 Å². The van der Waals surface area contributed by atoms with Gasteiger partial charge < -0.3 is 21.1 Å². The molecule has 6 nitrogen and oxygen atoms in total. The van der Waals surface area contributed by atoms with Gasteiger partial charge >= 0.3 is 0 Å². The van der Waals surface area contributed by atoms with Gasteiger partial charge in [0.05, 0.1) is 25.3 Å². The molecule has 2 atom stereocenters. The Hall–Kier alpha value is -2.28. The molecular weight excluding hydrogens is 340 g/mol. The van der Waals surface area contributed by atoms with Crippen LogP contribution in [0.5, 0.6) is 0 Å². The van der Waals surface area contributed by atoms with Gasteiger partial charge in [0.2, 0.25) is 5.91 Å². The number of hydrogen-bond donors (Lipinski definition) is 3. The Kier molecular flexibility index (Phi) is 5.20. The van der Waals surface area contributed by atoms with Gasteiger partial charge in [-0.25, -0.2) is 0 Å². The standard InChI is InChI=1S/C21H26N4O2/c22-12-18(26)25-19-16-5-1-2-6-17(16)21(7-10-23-11-8-21)20(19)27-14-15-4-3-9-24-13-15/h1-6,9,13,19-20,23H,7-8,10-12,14,22H2,(H,25,26)/t19-,20+/m1/s1. The van der Waals surface area contributed by atoms with Crippen molar-refractivity contribution in [3.63, 3.8) is 0 Å². The van der Waals surface area contributed by atoms with Crippen molar-refractivity contribution in [2.75, 3.05) is 19.6 Å². The molecule has 0 bridgehead atoms. The van der Waals surface area contributed by atoms with Crippen LogP contribution in [-0.4, -0.2) is 36.6 Å². The third kappa shape index (κ3) is 3.36. The molecule has 2 heterocycles. The molecule has 1 spiro atoms. The molecule has 4 rings (SSSR count). The first-order valence-corrected chi connectivity index (χ1v) is 9.55. The fraction of sp³-hybridized carbons (Fsp3) is 0.429. The van der Waals surface area contributed by atoms with Gasteiger partial charge in [0.25, 0.3) is 0 Å². The smallest absolute Gasteiger partial charge is 0.234 e. The number of fused-ring (bicyclic) bond motifs is 2. The monoisotopic (exact) mass is 366 g/mol. The van der Waals surface area contributed by atoms with Crippen molar-refractivity contribution in [1.29, 1.82) is 0 Å². The highest BCUT2D eigenvalue weighted by Gasteiger charge is 2.53. The second-order valence-corrected chi connectivity index (χ2v) is 7.34. The summed E-state index contributed by atoms with van der Waals surface area (Å²) in [6.07, 6.45) is 5.42. The molecule has 0 saturated carbocycles. The Morgan fingerprint density at radius 1 is 1.26 bits per heavy atom. The van der Waals surface area contributed by atoms with Crippen LogP contribution in [0, 0.1) is 0 Å². The van der Waals surface area contributed by atoms with E-state index in [1.165, 1.54) is 5.56 Å². The lowest BCUT2D eigenvalue weighted by molar-refractivity contribution is -0.122. The summed E-state index contributed by atoms with van der Waals surface area (Å²) in [5.41, 5.74) is 8.95. The maximum Gasteiger partial charge on any atom is 0.234 e. The molecule has 4 N–H and O–H groups in total. The van der Waals surface area contributed by atoms with E-state index in [0.717, 1.165) is 37.1 Å². The van der Waals surface area contributed by atoms with Crippen molar-refractivity contribution in [2.24, 2.45) is 5.73 Å². The first-order valence-electron chi connectivity index (χ1n) is 9.55. The molecule has 27 heavy (non-hydrogen) atoms. The summed E-state index contributed by atoms with van der Waals surface area (Å²) in [7, 11) is 0. The number of piperidine rings is 1. The molecule has 0 radical (unpaired) electrons. The fourth-order valence-electron chi connectivity index (χ4n) is 4.59. The summed E-state index contributed by atoms with van der Waals surface area (Å²) in [6, 6.07) is 12.1. The molecule has 1 amide bonds. The van der Waals surface area contributed by atoms with E-state index in [4.69, 9.17) is 10.5 Å². The number of nitrogens with zero attached hydrogens (tertiary/aromatic N) is 1. The Balaban J connectivity index is 1.69. The first-order chi connectivity index (χ1) is 13.2. The fourth-order valence-corrected chi connectivity index (χ4v) is 4.59. The zero-order chi connectivity index (χ0) is 18.7. The summed E-state index contributed by atoms with van der Waals surface area (Å²) in [5, 5.41) is 6.57. The van der Waals surface area contributed by atoms with E-state index in [9.17, 15) is 4.79 Å². The van der Waals surface area contributed by atoms with Gasteiger partial charge in [-0.2, -0.15) is 0 Å². The average Bonchev–Trinajstić information content (AvgIpc) is 2.97. The molecule has 1 aromatic carbocycles. The number of benzene rings is 1. The largest absolute Gasteiger partial charge is 0.370 e. The van der Waals surface area contributed by atoms with Gasteiger partial charge in [-0.05, 0) is 48.7 Å². The summed E-state index contributed by atoms with van der Waals surface area (Å²) in [6.45, 7) is 2.33. The van der Waals surface area contributed by atoms with Crippen LogP contribution in [0.2, 0.25) is 0 Å². The minimum atomic E-state index is -0.188. The molecule has 2 aromatic rings. The predicted octanol–water partition coefficient (Wildman–Crippen LogP) is 1.42. The lowest BCUT2D eigenvalue weighted by Crippen LogP contribution is -2.50. The first kappa shape index (κ1) is 18.1. The normalized spacial score (nSPS) is 23.1. The molecular formula is C21H26N4O2. The van der Waals surface area contributed by atoms with Crippen molar-refractivity contribution in [3.8, 4) is 0 Å². The number of hydrogen-bond acceptors (Lipinski definition) is 5. The average molecular weight is 366 g/mol.